The molecule has 82 valence electrons. The van der Waals surface area contributed by atoms with Crippen LogP contribution in [0, 0.1) is 0 Å². The number of halogens is 1. The fourth-order valence-corrected chi connectivity index (χ4v) is 2.05. The molecule has 1 aromatic rings. The highest BCUT2D eigenvalue weighted by molar-refractivity contribution is 6.33. The Bertz CT molecular complexity index is 362. The quantitative estimate of drug-likeness (QED) is 0.611. The molecule has 2 rings (SSSR count). The zero-order valence-electron chi connectivity index (χ0n) is 8.10. The number of hydrogen-bond acceptors (Lipinski definition) is 4. The van der Waals surface area contributed by atoms with Gasteiger partial charge in [-0.1, -0.05) is 11.6 Å². The zero-order valence-corrected chi connectivity index (χ0v) is 8.85. The summed E-state index contributed by atoms with van der Waals surface area (Å²) >= 11 is 6.02. The third-order valence-corrected chi connectivity index (χ3v) is 2.87. The van der Waals surface area contributed by atoms with Gasteiger partial charge in [0.05, 0.1) is 22.9 Å². The zero-order chi connectivity index (χ0) is 11.0. The number of nitrogens with two attached hydrogens (primary N) is 1. The predicted octanol–water partition coefficient (Wildman–Crippen LogP) is 0.464. The first kappa shape index (κ1) is 10.5. The fourth-order valence-electron chi connectivity index (χ4n) is 1.75. The molecule has 1 fully saturated rings. The van der Waals surface area contributed by atoms with E-state index in [1.807, 2.05) is 4.90 Å². The Labute approximate surface area is 92.9 Å². The first-order valence-electron chi connectivity index (χ1n) is 4.74. The molecule has 1 aliphatic rings. The molecule has 0 amide bonds. The molecule has 0 aromatic heterocycles. The maximum Gasteiger partial charge on any atom is 0.0990 e. The molecule has 5 heteroatoms. The van der Waals surface area contributed by atoms with E-state index >= 15 is 0 Å². The molecule has 1 aliphatic heterocycles. The molecule has 4 nitrogen and oxygen atoms in total. The summed E-state index contributed by atoms with van der Waals surface area (Å²) in [7, 11) is 0. The van der Waals surface area contributed by atoms with Crippen molar-refractivity contribution in [2.75, 3.05) is 23.7 Å². The Hall–Kier alpha value is -0.970. The summed E-state index contributed by atoms with van der Waals surface area (Å²) in [5, 5.41) is 19.4. The molecule has 1 heterocycles. The van der Waals surface area contributed by atoms with Crippen molar-refractivity contribution >= 4 is 23.0 Å². The average molecular weight is 229 g/mol. The number of aliphatic hydroxyl groups excluding tert-OH is 2. The summed E-state index contributed by atoms with van der Waals surface area (Å²) in [6.07, 6.45) is -1.42. The van der Waals surface area contributed by atoms with Gasteiger partial charge in [-0.25, -0.2) is 0 Å². The lowest BCUT2D eigenvalue weighted by Gasteiger charge is -2.19. The Morgan fingerprint density at radius 2 is 1.87 bits per heavy atom. The summed E-state index contributed by atoms with van der Waals surface area (Å²) in [6.45, 7) is 0.787. The van der Waals surface area contributed by atoms with Crippen molar-refractivity contribution in [2.24, 2.45) is 0 Å². The molecule has 2 atom stereocenters. The summed E-state index contributed by atoms with van der Waals surface area (Å²) in [5.41, 5.74) is 6.97. The Kier molecular flexibility index (Phi) is 2.73. The number of anilines is 2. The van der Waals surface area contributed by atoms with E-state index in [0.29, 0.717) is 23.8 Å². The van der Waals surface area contributed by atoms with Gasteiger partial charge < -0.3 is 20.8 Å². The van der Waals surface area contributed by atoms with Crippen LogP contribution in [0.15, 0.2) is 18.2 Å². The molecule has 15 heavy (non-hydrogen) atoms. The van der Waals surface area contributed by atoms with Crippen LogP contribution in [0.3, 0.4) is 0 Å². The Morgan fingerprint density at radius 1 is 1.27 bits per heavy atom. The van der Waals surface area contributed by atoms with Crippen molar-refractivity contribution in [3.63, 3.8) is 0 Å². The molecule has 0 aliphatic carbocycles. The van der Waals surface area contributed by atoms with Crippen LogP contribution < -0.4 is 10.6 Å². The second-order valence-electron chi connectivity index (χ2n) is 3.75. The van der Waals surface area contributed by atoms with Crippen molar-refractivity contribution in [1.82, 2.24) is 0 Å². The highest BCUT2D eigenvalue weighted by atomic mass is 35.5. The maximum atomic E-state index is 9.42. The van der Waals surface area contributed by atoms with Gasteiger partial charge in [0.15, 0.2) is 0 Å². The number of β-amino-alcohol motifs (C(OH)–C–C–N with tert-alkyl or cyclic N) is 2. The topological polar surface area (TPSA) is 69.7 Å². The van der Waals surface area contributed by atoms with Crippen molar-refractivity contribution < 1.29 is 10.2 Å². The van der Waals surface area contributed by atoms with Crippen LogP contribution in [-0.4, -0.2) is 35.5 Å². The second-order valence-corrected chi connectivity index (χ2v) is 4.16. The SMILES string of the molecule is Nc1ccc(N2CC(O)C(O)C2)c(Cl)c1. The highest BCUT2D eigenvalue weighted by Crippen LogP contribution is 2.30. The monoisotopic (exact) mass is 228 g/mol. The first-order chi connectivity index (χ1) is 7.08. The van der Waals surface area contributed by atoms with Crippen LogP contribution >= 0.6 is 11.6 Å². The molecular weight excluding hydrogens is 216 g/mol. The van der Waals surface area contributed by atoms with Gasteiger partial charge in [0.2, 0.25) is 0 Å². The molecule has 0 saturated carbocycles. The number of rotatable bonds is 1. The van der Waals surface area contributed by atoms with E-state index in [9.17, 15) is 10.2 Å². The smallest absolute Gasteiger partial charge is 0.0990 e. The van der Waals surface area contributed by atoms with Gasteiger partial charge in [-0.2, -0.15) is 0 Å². The number of nitrogen functional groups attached to an aromatic ring is 1. The second kappa shape index (κ2) is 3.89. The summed E-state index contributed by atoms with van der Waals surface area (Å²) in [4.78, 5) is 1.84. The lowest BCUT2D eigenvalue weighted by atomic mass is 10.2. The summed E-state index contributed by atoms with van der Waals surface area (Å²) in [6, 6.07) is 5.20. The third-order valence-electron chi connectivity index (χ3n) is 2.57. The minimum Gasteiger partial charge on any atom is -0.399 e. The normalized spacial score (nSPS) is 25.9. The average Bonchev–Trinajstić information content (AvgIpc) is 2.46. The predicted molar refractivity (Wildman–Crippen MR) is 60.1 cm³/mol. The van der Waals surface area contributed by atoms with E-state index in [1.165, 1.54) is 0 Å². The van der Waals surface area contributed by atoms with E-state index in [-0.39, 0.29) is 0 Å². The minimum absolute atomic E-state index is 0.394. The molecule has 0 bridgehead atoms. The summed E-state index contributed by atoms with van der Waals surface area (Å²) in [5.74, 6) is 0. The summed E-state index contributed by atoms with van der Waals surface area (Å²) < 4.78 is 0. The van der Waals surface area contributed by atoms with E-state index in [2.05, 4.69) is 0 Å². The van der Waals surface area contributed by atoms with Crippen LogP contribution in [0.2, 0.25) is 5.02 Å². The van der Waals surface area contributed by atoms with Crippen LogP contribution in [0.1, 0.15) is 0 Å². The van der Waals surface area contributed by atoms with Gasteiger partial charge in [-0.3, -0.25) is 0 Å². The highest BCUT2D eigenvalue weighted by Gasteiger charge is 2.30. The molecule has 0 spiro atoms. The van der Waals surface area contributed by atoms with Crippen molar-refractivity contribution in [2.45, 2.75) is 12.2 Å². The fraction of sp³-hybridized carbons (Fsp3) is 0.400. The van der Waals surface area contributed by atoms with Crippen LogP contribution in [-0.2, 0) is 0 Å². The maximum absolute atomic E-state index is 9.42. The van der Waals surface area contributed by atoms with E-state index < -0.39 is 12.2 Å². The Balaban J connectivity index is 2.24. The van der Waals surface area contributed by atoms with Gasteiger partial charge >= 0.3 is 0 Å². The molecular formula is C10H13ClN2O2. The van der Waals surface area contributed by atoms with E-state index in [4.69, 9.17) is 17.3 Å². The van der Waals surface area contributed by atoms with Crippen LogP contribution in [0.25, 0.3) is 0 Å². The molecule has 0 radical (unpaired) electrons. The lowest BCUT2D eigenvalue weighted by molar-refractivity contribution is 0.0572. The number of nitrogens with zero attached hydrogens (tertiary/aromatic N) is 1. The van der Waals surface area contributed by atoms with Crippen molar-refractivity contribution in [3.05, 3.63) is 23.2 Å². The van der Waals surface area contributed by atoms with E-state index in [1.54, 1.807) is 18.2 Å². The number of aliphatic hydroxyl groups is 2. The van der Waals surface area contributed by atoms with Crippen LogP contribution in [0.4, 0.5) is 11.4 Å². The van der Waals surface area contributed by atoms with Crippen molar-refractivity contribution in [1.29, 1.82) is 0 Å². The largest absolute Gasteiger partial charge is 0.399 e. The molecule has 1 saturated heterocycles. The first-order valence-corrected chi connectivity index (χ1v) is 5.12. The van der Waals surface area contributed by atoms with Gasteiger partial charge in [-0.05, 0) is 18.2 Å². The van der Waals surface area contributed by atoms with Gasteiger partial charge in [0.25, 0.3) is 0 Å². The molecule has 2 unspecified atom stereocenters. The van der Waals surface area contributed by atoms with Gasteiger partial charge in [0, 0.05) is 18.8 Å². The number of hydrogen-bond donors (Lipinski definition) is 3. The van der Waals surface area contributed by atoms with Crippen LogP contribution in [0.5, 0.6) is 0 Å². The van der Waals surface area contributed by atoms with E-state index in [0.717, 1.165) is 5.69 Å². The molecule has 4 N–H and O–H groups in total. The third kappa shape index (κ3) is 2.02. The van der Waals surface area contributed by atoms with Gasteiger partial charge in [0.1, 0.15) is 0 Å². The molecule has 1 aromatic carbocycles. The standard InChI is InChI=1S/C10H13ClN2O2/c11-7-3-6(12)1-2-8(7)13-4-9(14)10(15)5-13/h1-3,9-10,14-15H,4-5,12H2. The Morgan fingerprint density at radius 3 is 2.40 bits per heavy atom. The lowest BCUT2D eigenvalue weighted by Crippen LogP contribution is -2.22. The number of benzene rings is 1. The van der Waals surface area contributed by atoms with Crippen molar-refractivity contribution in [3.8, 4) is 0 Å². The minimum atomic E-state index is -0.710. The van der Waals surface area contributed by atoms with Gasteiger partial charge in [-0.15, -0.1) is 0 Å².